The summed E-state index contributed by atoms with van der Waals surface area (Å²) in [5, 5.41) is 5.90. The van der Waals surface area contributed by atoms with Crippen molar-refractivity contribution >= 4 is 34.6 Å². The summed E-state index contributed by atoms with van der Waals surface area (Å²) in [7, 11) is 0. The van der Waals surface area contributed by atoms with Crippen LogP contribution in [0.2, 0.25) is 0 Å². The molecule has 1 aromatic carbocycles. The van der Waals surface area contributed by atoms with Gasteiger partial charge in [-0.05, 0) is 36.4 Å². The summed E-state index contributed by atoms with van der Waals surface area (Å²) in [6.45, 7) is 0. The number of nitrogens with one attached hydrogen (secondary N) is 1. The standard InChI is InChI=1S/C14H10FN3S.ClH/c15-11-5-3-10(4-6-11)13-9-19-14(18-13)17-12-2-1-7-16-8-12;/h1-9H,(H,17,18);1H. The first kappa shape index (κ1) is 14.4. The van der Waals surface area contributed by atoms with E-state index in [1.165, 1.54) is 23.5 Å². The van der Waals surface area contributed by atoms with Gasteiger partial charge in [-0.2, -0.15) is 0 Å². The number of anilines is 2. The molecule has 0 saturated carbocycles. The summed E-state index contributed by atoms with van der Waals surface area (Å²) in [4.78, 5) is 8.49. The highest BCUT2D eigenvalue weighted by atomic mass is 35.5. The van der Waals surface area contributed by atoms with Gasteiger partial charge in [-0.25, -0.2) is 9.37 Å². The molecule has 0 bridgehead atoms. The van der Waals surface area contributed by atoms with Crippen molar-refractivity contribution in [2.24, 2.45) is 0 Å². The molecule has 102 valence electrons. The second-order valence-electron chi connectivity index (χ2n) is 3.91. The van der Waals surface area contributed by atoms with Gasteiger partial charge in [0.25, 0.3) is 0 Å². The van der Waals surface area contributed by atoms with Gasteiger partial charge in [0, 0.05) is 17.1 Å². The number of hydrogen-bond acceptors (Lipinski definition) is 4. The SMILES string of the molecule is Cl.Fc1ccc(-c2csc(Nc3cccnc3)n2)cc1. The second kappa shape index (κ2) is 6.45. The fourth-order valence-corrected chi connectivity index (χ4v) is 2.38. The van der Waals surface area contributed by atoms with E-state index in [0.29, 0.717) is 0 Å². The van der Waals surface area contributed by atoms with Gasteiger partial charge >= 0.3 is 0 Å². The van der Waals surface area contributed by atoms with Crippen molar-refractivity contribution < 1.29 is 4.39 Å². The third-order valence-electron chi connectivity index (χ3n) is 2.56. The summed E-state index contributed by atoms with van der Waals surface area (Å²) in [5.41, 5.74) is 2.62. The van der Waals surface area contributed by atoms with Gasteiger partial charge in [0.05, 0.1) is 17.6 Å². The molecule has 0 unspecified atom stereocenters. The highest BCUT2D eigenvalue weighted by Gasteiger charge is 2.05. The average molecular weight is 308 g/mol. The molecule has 0 radical (unpaired) electrons. The van der Waals surface area contributed by atoms with Crippen LogP contribution >= 0.6 is 23.7 Å². The van der Waals surface area contributed by atoms with Gasteiger partial charge in [-0.3, -0.25) is 4.98 Å². The van der Waals surface area contributed by atoms with Crippen molar-refractivity contribution in [1.29, 1.82) is 0 Å². The lowest BCUT2D eigenvalue weighted by molar-refractivity contribution is 0.628. The van der Waals surface area contributed by atoms with Crippen LogP contribution in [-0.4, -0.2) is 9.97 Å². The summed E-state index contributed by atoms with van der Waals surface area (Å²) >= 11 is 1.50. The molecule has 0 amide bonds. The van der Waals surface area contributed by atoms with E-state index in [-0.39, 0.29) is 18.2 Å². The molecule has 0 aliphatic heterocycles. The van der Waals surface area contributed by atoms with E-state index in [2.05, 4.69) is 15.3 Å². The fourth-order valence-electron chi connectivity index (χ4n) is 1.64. The number of benzene rings is 1. The predicted molar refractivity (Wildman–Crippen MR) is 82.3 cm³/mol. The van der Waals surface area contributed by atoms with Gasteiger partial charge in [-0.1, -0.05) is 0 Å². The fraction of sp³-hybridized carbons (Fsp3) is 0. The van der Waals surface area contributed by atoms with E-state index >= 15 is 0 Å². The molecule has 0 spiro atoms. The van der Waals surface area contributed by atoms with Gasteiger partial charge in [0.2, 0.25) is 0 Å². The van der Waals surface area contributed by atoms with Crippen molar-refractivity contribution in [2.45, 2.75) is 0 Å². The topological polar surface area (TPSA) is 37.8 Å². The number of thiazole rings is 1. The maximum atomic E-state index is 12.9. The Balaban J connectivity index is 0.00000147. The van der Waals surface area contributed by atoms with Crippen molar-refractivity contribution in [2.75, 3.05) is 5.32 Å². The van der Waals surface area contributed by atoms with Crippen LogP contribution in [0.4, 0.5) is 15.2 Å². The normalized spacial score (nSPS) is 9.85. The zero-order valence-electron chi connectivity index (χ0n) is 10.3. The number of pyridine rings is 1. The first-order valence-corrected chi connectivity index (χ1v) is 6.58. The lowest BCUT2D eigenvalue weighted by Gasteiger charge is -2.00. The van der Waals surface area contributed by atoms with E-state index in [9.17, 15) is 4.39 Å². The van der Waals surface area contributed by atoms with Crippen LogP contribution in [-0.2, 0) is 0 Å². The Hall–Kier alpha value is -1.98. The molecule has 1 N–H and O–H groups in total. The summed E-state index contributed by atoms with van der Waals surface area (Å²) in [5.74, 6) is -0.243. The Morgan fingerprint density at radius 2 is 1.90 bits per heavy atom. The van der Waals surface area contributed by atoms with Gasteiger partial charge in [0.1, 0.15) is 5.82 Å². The lowest BCUT2D eigenvalue weighted by atomic mass is 10.2. The first-order valence-electron chi connectivity index (χ1n) is 5.70. The van der Waals surface area contributed by atoms with Crippen molar-refractivity contribution in [3.05, 3.63) is 60.0 Å². The van der Waals surface area contributed by atoms with E-state index in [1.54, 1.807) is 24.5 Å². The maximum absolute atomic E-state index is 12.9. The molecule has 20 heavy (non-hydrogen) atoms. The van der Waals surface area contributed by atoms with Gasteiger partial charge in [-0.15, -0.1) is 23.7 Å². The molecule has 3 rings (SSSR count). The molecule has 0 fully saturated rings. The first-order chi connectivity index (χ1) is 9.31. The van der Waals surface area contributed by atoms with Crippen LogP contribution < -0.4 is 5.32 Å². The minimum atomic E-state index is -0.243. The minimum absolute atomic E-state index is 0. The molecule has 3 nitrogen and oxygen atoms in total. The Morgan fingerprint density at radius 3 is 2.60 bits per heavy atom. The predicted octanol–water partition coefficient (Wildman–Crippen LogP) is 4.51. The van der Waals surface area contributed by atoms with Crippen LogP contribution in [0.15, 0.2) is 54.2 Å². The van der Waals surface area contributed by atoms with Crippen LogP contribution in [0.1, 0.15) is 0 Å². The lowest BCUT2D eigenvalue weighted by Crippen LogP contribution is -1.89. The molecule has 0 aliphatic carbocycles. The van der Waals surface area contributed by atoms with Gasteiger partial charge < -0.3 is 5.32 Å². The molecule has 0 saturated heterocycles. The highest BCUT2D eigenvalue weighted by molar-refractivity contribution is 7.14. The van der Waals surface area contributed by atoms with E-state index in [0.717, 1.165) is 22.1 Å². The highest BCUT2D eigenvalue weighted by Crippen LogP contribution is 2.26. The molecule has 2 heterocycles. The smallest absolute Gasteiger partial charge is 0.187 e. The largest absolute Gasteiger partial charge is 0.330 e. The van der Waals surface area contributed by atoms with Crippen molar-refractivity contribution in [3.63, 3.8) is 0 Å². The molecule has 6 heteroatoms. The zero-order chi connectivity index (χ0) is 13.1. The monoisotopic (exact) mass is 307 g/mol. The van der Waals surface area contributed by atoms with Gasteiger partial charge in [0.15, 0.2) is 5.13 Å². The Labute approximate surface area is 125 Å². The van der Waals surface area contributed by atoms with Crippen molar-refractivity contribution in [1.82, 2.24) is 9.97 Å². The van der Waals surface area contributed by atoms with Crippen LogP contribution in [0.3, 0.4) is 0 Å². The Bertz CT molecular complexity index is 670. The number of halogens is 2. The quantitative estimate of drug-likeness (QED) is 0.773. The molecule has 0 atom stereocenters. The van der Waals surface area contributed by atoms with Crippen molar-refractivity contribution in [3.8, 4) is 11.3 Å². The number of aromatic nitrogens is 2. The molecule has 3 aromatic rings. The Morgan fingerprint density at radius 1 is 1.10 bits per heavy atom. The van der Waals surface area contributed by atoms with E-state index in [4.69, 9.17) is 0 Å². The third-order valence-corrected chi connectivity index (χ3v) is 3.31. The second-order valence-corrected chi connectivity index (χ2v) is 4.77. The summed E-state index contributed by atoms with van der Waals surface area (Å²) in [6.07, 6.45) is 3.45. The molecule has 0 aliphatic rings. The number of hydrogen-bond donors (Lipinski definition) is 1. The van der Waals surface area contributed by atoms with Crippen LogP contribution in [0.25, 0.3) is 11.3 Å². The minimum Gasteiger partial charge on any atom is -0.330 e. The summed E-state index contributed by atoms with van der Waals surface area (Å²) in [6, 6.07) is 10.1. The molecular formula is C14H11ClFN3S. The summed E-state index contributed by atoms with van der Waals surface area (Å²) < 4.78 is 12.9. The maximum Gasteiger partial charge on any atom is 0.187 e. The Kier molecular flexibility index (Phi) is 4.65. The number of rotatable bonds is 3. The van der Waals surface area contributed by atoms with E-state index < -0.39 is 0 Å². The average Bonchev–Trinajstić information content (AvgIpc) is 2.89. The third kappa shape index (κ3) is 3.31. The number of nitrogens with zero attached hydrogens (tertiary/aromatic N) is 2. The van der Waals surface area contributed by atoms with Crippen LogP contribution in [0, 0.1) is 5.82 Å². The molecule has 2 aromatic heterocycles. The van der Waals surface area contributed by atoms with Crippen LogP contribution in [0.5, 0.6) is 0 Å². The zero-order valence-corrected chi connectivity index (χ0v) is 11.9. The van der Waals surface area contributed by atoms with E-state index in [1.807, 2.05) is 17.5 Å². The molecular weight excluding hydrogens is 297 g/mol.